The number of hydrogen-bond acceptors (Lipinski definition) is 6. The van der Waals surface area contributed by atoms with E-state index >= 15 is 0 Å². The lowest BCUT2D eigenvalue weighted by molar-refractivity contribution is -0.153. The zero-order chi connectivity index (χ0) is 24.2. The van der Waals surface area contributed by atoms with Gasteiger partial charge in [-0.05, 0) is 61.9 Å². The van der Waals surface area contributed by atoms with Gasteiger partial charge in [0.25, 0.3) is 5.91 Å². The molecule has 0 aliphatic rings. The van der Waals surface area contributed by atoms with E-state index in [1.165, 1.54) is 31.2 Å². The van der Waals surface area contributed by atoms with Crippen molar-refractivity contribution in [3.8, 4) is 5.75 Å². The fourth-order valence-corrected chi connectivity index (χ4v) is 2.91. The first-order valence-electron chi connectivity index (χ1n) is 11.0. The first kappa shape index (κ1) is 25.6. The van der Waals surface area contributed by atoms with Crippen LogP contribution in [-0.2, 0) is 14.3 Å². The van der Waals surface area contributed by atoms with Gasteiger partial charge < -0.3 is 20.5 Å². The average molecular weight is 455 g/mol. The Labute approximate surface area is 193 Å². The lowest BCUT2D eigenvalue weighted by atomic mass is 10.1. The molecule has 3 N–H and O–H groups in total. The van der Waals surface area contributed by atoms with Crippen molar-refractivity contribution in [2.24, 2.45) is 5.73 Å². The number of carbonyl (C=O) groups excluding carboxylic acids is 4. The fraction of sp³-hybridized carbons (Fsp3) is 0.360. The van der Waals surface area contributed by atoms with E-state index in [-0.39, 0.29) is 18.6 Å². The summed E-state index contributed by atoms with van der Waals surface area (Å²) in [5.41, 5.74) is 6.40. The minimum absolute atomic E-state index is 0.0293. The molecule has 0 aliphatic heterocycles. The molecule has 2 aromatic carbocycles. The van der Waals surface area contributed by atoms with Crippen LogP contribution >= 0.6 is 0 Å². The average Bonchev–Trinajstić information content (AvgIpc) is 2.81. The van der Waals surface area contributed by atoms with Crippen molar-refractivity contribution >= 4 is 29.3 Å². The number of esters is 1. The number of hydrogen-bond donors (Lipinski definition) is 2. The number of Topliss-reactive ketones (excluding diaryl/α,β-unsaturated/α-hetero) is 1. The molecule has 0 radical (unpaired) electrons. The molecule has 176 valence electrons. The van der Waals surface area contributed by atoms with Crippen LogP contribution in [0.5, 0.6) is 5.75 Å². The number of ketones is 1. The minimum Gasteiger partial charge on any atom is -0.494 e. The van der Waals surface area contributed by atoms with Crippen molar-refractivity contribution in [2.45, 2.75) is 52.1 Å². The highest BCUT2D eigenvalue weighted by atomic mass is 16.5. The van der Waals surface area contributed by atoms with Gasteiger partial charge in [0.2, 0.25) is 5.91 Å². The highest BCUT2D eigenvalue weighted by Crippen LogP contribution is 2.15. The number of primary amides is 1. The summed E-state index contributed by atoms with van der Waals surface area (Å²) in [7, 11) is 0. The van der Waals surface area contributed by atoms with Crippen LogP contribution < -0.4 is 15.8 Å². The summed E-state index contributed by atoms with van der Waals surface area (Å²) >= 11 is 0. The monoisotopic (exact) mass is 454 g/mol. The van der Waals surface area contributed by atoms with Crippen LogP contribution in [0.25, 0.3) is 0 Å². The van der Waals surface area contributed by atoms with Gasteiger partial charge in [-0.25, -0.2) is 0 Å². The molecule has 2 aromatic rings. The van der Waals surface area contributed by atoms with Crippen LogP contribution in [-0.4, -0.2) is 36.3 Å². The summed E-state index contributed by atoms with van der Waals surface area (Å²) in [4.78, 5) is 47.7. The number of unbranched alkanes of at least 4 members (excludes halogenated alkanes) is 2. The smallest absolute Gasteiger partial charge is 0.307 e. The normalized spacial score (nSPS) is 11.3. The predicted octanol–water partition coefficient (Wildman–Crippen LogP) is 3.89. The van der Waals surface area contributed by atoms with Crippen molar-refractivity contribution in [1.82, 2.24) is 0 Å². The molecule has 2 rings (SSSR count). The Morgan fingerprint density at radius 1 is 0.909 bits per heavy atom. The quantitative estimate of drug-likeness (QED) is 0.269. The summed E-state index contributed by atoms with van der Waals surface area (Å²) < 4.78 is 10.7. The maximum atomic E-state index is 12.3. The second-order valence-electron chi connectivity index (χ2n) is 7.57. The highest BCUT2D eigenvalue weighted by molar-refractivity contribution is 5.98. The number of benzene rings is 2. The number of rotatable bonds is 13. The number of nitrogens with one attached hydrogen (secondary N) is 1. The third kappa shape index (κ3) is 8.76. The molecule has 0 bridgehead atoms. The lowest BCUT2D eigenvalue weighted by Gasteiger charge is -2.13. The molecular weight excluding hydrogens is 424 g/mol. The van der Waals surface area contributed by atoms with E-state index in [4.69, 9.17) is 15.2 Å². The Morgan fingerprint density at radius 3 is 2.15 bits per heavy atom. The van der Waals surface area contributed by atoms with E-state index in [0.717, 1.165) is 19.3 Å². The van der Waals surface area contributed by atoms with Crippen LogP contribution in [0, 0.1) is 0 Å². The number of ether oxygens (including phenoxy) is 2. The van der Waals surface area contributed by atoms with Crippen LogP contribution in [0.4, 0.5) is 5.69 Å². The summed E-state index contributed by atoms with van der Waals surface area (Å²) in [5, 5.41) is 2.58. The zero-order valence-electron chi connectivity index (χ0n) is 19.0. The van der Waals surface area contributed by atoms with Gasteiger partial charge in [0, 0.05) is 23.2 Å². The van der Waals surface area contributed by atoms with E-state index in [1.807, 2.05) is 0 Å². The van der Waals surface area contributed by atoms with Gasteiger partial charge in [0.15, 0.2) is 11.9 Å². The molecule has 0 saturated carbocycles. The van der Waals surface area contributed by atoms with Gasteiger partial charge in [-0.3, -0.25) is 19.2 Å². The predicted molar refractivity (Wildman–Crippen MR) is 124 cm³/mol. The Morgan fingerprint density at radius 2 is 1.55 bits per heavy atom. The van der Waals surface area contributed by atoms with Crippen molar-refractivity contribution in [3.63, 3.8) is 0 Å². The fourth-order valence-electron chi connectivity index (χ4n) is 2.91. The zero-order valence-corrected chi connectivity index (χ0v) is 19.0. The largest absolute Gasteiger partial charge is 0.494 e. The highest BCUT2D eigenvalue weighted by Gasteiger charge is 2.19. The molecule has 0 aromatic heterocycles. The SMILES string of the molecule is CCCCCOc1ccc(C(=O)CCC(=O)OC(C)C(=O)Nc2ccc(C(N)=O)cc2)cc1. The molecule has 0 heterocycles. The van der Waals surface area contributed by atoms with Crippen molar-refractivity contribution in [3.05, 3.63) is 59.7 Å². The summed E-state index contributed by atoms with van der Waals surface area (Å²) in [6.07, 6.45) is 1.99. The second-order valence-corrected chi connectivity index (χ2v) is 7.57. The van der Waals surface area contributed by atoms with Gasteiger partial charge in [-0.1, -0.05) is 19.8 Å². The first-order chi connectivity index (χ1) is 15.8. The van der Waals surface area contributed by atoms with E-state index in [0.29, 0.717) is 29.2 Å². The van der Waals surface area contributed by atoms with E-state index in [9.17, 15) is 19.2 Å². The number of anilines is 1. The molecule has 0 spiro atoms. The Balaban J connectivity index is 1.75. The van der Waals surface area contributed by atoms with Crippen LogP contribution in [0.2, 0.25) is 0 Å². The minimum atomic E-state index is -1.05. The molecule has 1 unspecified atom stereocenters. The Hall–Kier alpha value is -3.68. The van der Waals surface area contributed by atoms with Gasteiger partial charge in [0.05, 0.1) is 13.0 Å². The van der Waals surface area contributed by atoms with E-state index in [2.05, 4.69) is 12.2 Å². The number of amides is 2. The third-order valence-corrected chi connectivity index (χ3v) is 4.86. The number of carbonyl (C=O) groups is 4. The van der Waals surface area contributed by atoms with Crippen molar-refractivity contribution in [2.75, 3.05) is 11.9 Å². The second kappa shape index (κ2) is 13.0. The van der Waals surface area contributed by atoms with Crippen LogP contribution in [0.1, 0.15) is 66.7 Å². The van der Waals surface area contributed by atoms with E-state index in [1.54, 1.807) is 24.3 Å². The van der Waals surface area contributed by atoms with Gasteiger partial charge >= 0.3 is 5.97 Å². The maximum Gasteiger partial charge on any atom is 0.307 e. The summed E-state index contributed by atoms with van der Waals surface area (Å²) in [5.74, 6) is -1.25. The summed E-state index contributed by atoms with van der Waals surface area (Å²) in [6, 6.07) is 12.8. The number of nitrogens with two attached hydrogens (primary N) is 1. The molecule has 1 atom stereocenters. The Kier molecular flexibility index (Phi) is 10.1. The summed E-state index contributed by atoms with van der Waals surface area (Å²) in [6.45, 7) is 4.20. The molecule has 2 amide bonds. The molecule has 8 nitrogen and oxygen atoms in total. The topological polar surface area (TPSA) is 125 Å². The first-order valence-corrected chi connectivity index (χ1v) is 11.0. The molecule has 0 saturated heterocycles. The van der Waals surface area contributed by atoms with Crippen LogP contribution in [0.3, 0.4) is 0 Å². The molecular formula is C25H30N2O6. The lowest BCUT2D eigenvalue weighted by Crippen LogP contribution is -2.30. The van der Waals surface area contributed by atoms with Gasteiger partial charge in [0.1, 0.15) is 5.75 Å². The van der Waals surface area contributed by atoms with Crippen molar-refractivity contribution < 1.29 is 28.7 Å². The van der Waals surface area contributed by atoms with Gasteiger partial charge in [-0.2, -0.15) is 0 Å². The molecule has 33 heavy (non-hydrogen) atoms. The molecule has 0 aliphatic carbocycles. The van der Waals surface area contributed by atoms with Crippen molar-refractivity contribution in [1.29, 1.82) is 0 Å². The molecule has 0 fully saturated rings. The third-order valence-electron chi connectivity index (χ3n) is 4.86. The standard InChI is InChI=1S/C25H30N2O6/c1-3-4-5-16-32-21-12-8-18(9-13-21)22(28)14-15-23(29)33-17(2)25(31)27-20-10-6-19(7-11-20)24(26)30/h6-13,17H,3-5,14-16H2,1-2H3,(H2,26,30)(H,27,31). The van der Waals surface area contributed by atoms with Crippen LogP contribution in [0.15, 0.2) is 48.5 Å². The Bertz CT molecular complexity index is 954. The van der Waals surface area contributed by atoms with Gasteiger partial charge in [-0.15, -0.1) is 0 Å². The maximum absolute atomic E-state index is 12.3. The molecule has 8 heteroatoms. The van der Waals surface area contributed by atoms with E-state index < -0.39 is 23.9 Å².